The molecular formula is C15H20O4. The Labute approximate surface area is 113 Å². The van der Waals surface area contributed by atoms with Gasteiger partial charge in [0.15, 0.2) is 0 Å². The van der Waals surface area contributed by atoms with E-state index in [2.05, 4.69) is 11.7 Å². The number of rotatable bonds is 8. The summed E-state index contributed by atoms with van der Waals surface area (Å²) < 4.78 is 9.98. The van der Waals surface area contributed by atoms with Gasteiger partial charge in [-0.1, -0.05) is 31.9 Å². The van der Waals surface area contributed by atoms with Crippen molar-refractivity contribution in [1.29, 1.82) is 0 Å². The SMILES string of the molecule is CCCCCOc1cccc(CC(=O)C(=O)OC)c1. The molecule has 0 saturated heterocycles. The second-order valence-corrected chi connectivity index (χ2v) is 4.29. The van der Waals surface area contributed by atoms with Crippen molar-refractivity contribution >= 4 is 11.8 Å². The number of unbranched alkanes of at least 4 members (excludes halogenated alkanes) is 2. The van der Waals surface area contributed by atoms with E-state index in [1.54, 1.807) is 12.1 Å². The molecule has 0 radical (unpaired) electrons. The third kappa shape index (κ3) is 5.55. The van der Waals surface area contributed by atoms with Crippen LogP contribution in [0, 0.1) is 0 Å². The van der Waals surface area contributed by atoms with Gasteiger partial charge in [-0.25, -0.2) is 4.79 Å². The summed E-state index contributed by atoms with van der Waals surface area (Å²) in [5.74, 6) is -0.633. The molecule has 0 aromatic heterocycles. The number of carbonyl (C=O) groups excluding carboxylic acids is 2. The van der Waals surface area contributed by atoms with Crippen molar-refractivity contribution in [3.8, 4) is 5.75 Å². The first kappa shape index (κ1) is 15.2. The van der Waals surface area contributed by atoms with Gasteiger partial charge in [-0.3, -0.25) is 4.79 Å². The summed E-state index contributed by atoms with van der Waals surface area (Å²) in [7, 11) is 1.20. The predicted octanol–water partition coefficient (Wildman–Crippen LogP) is 2.54. The molecule has 1 aromatic rings. The van der Waals surface area contributed by atoms with E-state index in [0.29, 0.717) is 6.61 Å². The Morgan fingerprint density at radius 1 is 1.21 bits per heavy atom. The molecule has 0 atom stereocenters. The van der Waals surface area contributed by atoms with Crippen molar-refractivity contribution in [1.82, 2.24) is 0 Å². The molecular weight excluding hydrogens is 244 g/mol. The van der Waals surface area contributed by atoms with Crippen molar-refractivity contribution in [3.05, 3.63) is 29.8 Å². The fourth-order valence-corrected chi connectivity index (χ4v) is 1.66. The first-order chi connectivity index (χ1) is 9.17. The number of hydrogen-bond donors (Lipinski definition) is 0. The van der Waals surface area contributed by atoms with Crippen LogP contribution >= 0.6 is 0 Å². The number of ketones is 1. The molecule has 19 heavy (non-hydrogen) atoms. The highest BCUT2D eigenvalue weighted by atomic mass is 16.5. The van der Waals surface area contributed by atoms with Gasteiger partial charge in [0.2, 0.25) is 5.78 Å². The molecule has 0 amide bonds. The fourth-order valence-electron chi connectivity index (χ4n) is 1.66. The predicted molar refractivity (Wildman–Crippen MR) is 72.2 cm³/mol. The molecule has 0 saturated carbocycles. The second-order valence-electron chi connectivity index (χ2n) is 4.29. The maximum absolute atomic E-state index is 11.4. The first-order valence-corrected chi connectivity index (χ1v) is 6.50. The highest BCUT2D eigenvalue weighted by molar-refractivity contribution is 6.34. The lowest BCUT2D eigenvalue weighted by molar-refractivity contribution is -0.151. The maximum Gasteiger partial charge on any atom is 0.374 e. The van der Waals surface area contributed by atoms with Crippen LogP contribution in [0.1, 0.15) is 31.7 Å². The average molecular weight is 264 g/mol. The number of benzene rings is 1. The minimum atomic E-state index is -0.811. The highest BCUT2D eigenvalue weighted by Gasteiger charge is 2.14. The molecule has 0 spiro atoms. The molecule has 4 heteroatoms. The summed E-state index contributed by atoms with van der Waals surface area (Å²) in [6, 6.07) is 7.24. The summed E-state index contributed by atoms with van der Waals surface area (Å²) in [4.78, 5) is 22.5. The van der Waals surface area contributed by atoms with Crippen LogP contribution < -0.4 is 4.74 Å². The summed E-state index contributed by atoms with van der Waals surface area (Å²) in [6.45, 7) is 2.81. The molecule has 0 aliphatic heterocycles. The van der Waals surface area contributed by atoms with Gasteiger partial charge in [0.1, 0.15) is 5.75 Å². The van der Waals surface area contributed by atoms with Crippen molar-refractivity contribution in [2.75, 3.05) is 13.7 Å². The van der Waals surface area contributed by atoms with Gasteiger partial charge >= 0.3 is 5.97 Å². The van der Waals surface area contributed by atoms with Gasteiger partial charge < -0.3 is 9.47 Å². The van der Waals surface area contributed by atoms with E-state index in [1.165, 1.54) is 7.11 Å². The molecule has 4 nitrogen and oxygen atoms in total. The molecule has 0 fully saturated rings. The van der Waals surface area contributed by atoms with Gasteiger partial charge in [0, 0.05) is 6.42 Å². The van der Waals surface area contributed by atoms with Crippen LogP contribution in [0.2, 0.25) is 0 Å². The lowest BCUT2D eigenvalue weighted by Gasteiger charge is -2.07. The smallest absolute Gasteiger partial charge is 0.374 e. The van der Waals surface area contributed by atoms with Crippen LogP contribution in [-0.4, -0.2) is 25.5 Å². The molecule has 1 aromatic carbocycles. The number of methoxy groups -OCH3 is 1. The van der Waals surface area contributed by atoms with Gasteiger partial charge in [0.25, 0.3) is 0 Å². The zero-order valence-corrected chi connectivity index (χ0v) is 11.5. The monoisotopic (exact) mass is 264 g/mol. The van der Waals surface area contributed by atoms with Crippen LogP contribution in [0.5, 0.6) is 5.75 Å². The minimum absolute atomic E-state index is 0.0405. The number of esters is 1. The van der Waals surface area contributed by atoms with Gasteiger partial charge in [-0.15, -0.1) is 0 Å². The zero-order valence-electron chi connectivity index (χ0n) is 11.5. The molecule has 104 valence electrons. The largest absolute Gasteiger partial charge is 0.494 e. The maximum atomic E-state index is 11.4. The lowest BCUT2D eigenvalue weighted by Crippen LogP contribution is -2.17. The first-order valence-electron chi connectivity index (χ1n) is 6.50. The van der Waals surface area contributed by atoms with Crippen LogP contribution in [-0.2, 0) is 20.7 Å². The van der Waals surface area contributed by atoms with Gasteiger partial charge in [0.05, 0.1) is 13.7 Å². The number of carbonyl (C=O) groups is 2. The Hall–Kier alpha value is -1.84. The summed E-state index contributed by atoms with van der Waals surface area (Å²) in [5.41, 5.74) is 0.753. The standard InChI is InChI=1S/C15H20O4/c1-3-4-5-9-19-13-8-6-7-12(10-13)11-14(16)15(17)18-2/h6-8,10H,3-5,9,11H2,1-2H3. The van der Waals surface area contributed by atoms with Gasteiger partial charge in [-0.05, 0) is 24.1 Å². The van der Waals surface area contributed by atoms with Crippen molar-refractivity contribution < 1.29 is 19.1 Å². The normalized spacial score (nSPS) is 10.0. The number of Topliss-reactive ketones (excluding diaryl/α,β-unsaturated/α-hetero) is 1. The van der Waals surface area contributed by atoms with E-state index in [1.807, 2.05) is 12.1 Å². The van der Waals surface area contributed by atoms with E-state index in [0.717, 1.165) is 30.6 Å². The van der Waals surface area contributed by atoms with E-state index in [-0.39, 0.29) is 6.42 Å². The lowest BCUT2D eigenvalue weighted by atomic mass is 10.1. The molecule has 0 aliphatic carbocycles. The molecule has 1 rings (SSSR count). The van der Waals surface area contributed by atoms with Gasteiger partial charge in [-0.2, -0.15) is 0 Å². The van der Waals surface area contributed by atoms with Crippen molar-refractivity contribution in [2.45, 2.75) is 32.6 Å². The van der Waals surface area contributed by atoms with E-state index >= 15 is 0 Å². The van der Waals surface area contributed by atoms with E-state index < -0.39 is 11.8 Å². The Morgan fingerprint density at radius 2 is 2.00 bits per heavy atom. The highest BCUT2D eigenvalue weighted by Crippen LogP contribution is 2.14. The molecule has 0 heterocycles. The topological polar surface area (TPSA) is 52.6 Å². The molecule has 0 N–H and O–H groups in total. The quantitative estimate of drug-likeness (QED) is 0.411. The Bertz CT molecular complexity index is 426. The Balaban J connectivity index is 2.52. The second kappa shape index (κ2) is 8.29. The minimum Gasteiger partial charge on any atom is -0.494 e. The Kier molecular flexibility index (Phi) is 6.64. The summed E-state index contributed by atoms with van der Waals surface area (Å²) >= 11 is 0. The molecule has 0 aliphatic rings. The van der Waals surface area contributed by atoms with E-state index in [9.17, 15) is 9.59 Å². The number of ether oxygens (including phenoxy) is 2. The Morgan fingerprint density at radius 3 is 2.68 bits per heavy atom. The van der Waals surface area contributed by atoms with Crippen LogP contribution in [0.25, 0.3) is 0 Å². The van der Waals surface area contributed by atoms with E-state index in [4.69, 9.17) is 4.74 Å². The average Bonchev–Trinajstić information content (AvgIpc) is 2.43. The third-order valence-electron chi connectivity index (χ3n) is 2.69. The zero-order chi connectivity index (χ0) is 14.1. The third-order valence-corrected chi connectivity index (χ3v) is 2.69. The summed E-state index contributed by atoms with van der Waals surface area (Å²) in [6.07, 6.45) is 3.35. The summed E-state index contributed by atoms with van der Waals surface area (Å²) in [5, 5.41) is 0. The fraction of sp³-hybridized carbons (Fsp3) is 0.467. The number of hydrogen-bond acceptors (Lipinski definition) is 4. The van der Waals surface area contributed by atoms with Crippen LogP contribution in [0.4, 0.5) is 0 Å². The molecule has 0 unspecified atom stereocenters. The van der Waals surface area contributed by atoms with Crippen LogP contribution in [0.3, 0.4) is 0 Å². The van der Waals surface area contributed by atoms with Crippen molar-refractivity contribution in [3.63, 3.8) is 0 Å². The van der Waals surface area contributed by atoms with Crippen molar-refractivity contribution in [2.24, 2.45) is 0 Å². The van der Waals surface area contributed by atoms with Crippen LogP contribution in [0.15, 0.2) is 24.3 Å². The molecule has 0 bridgehead atoms.